The van der Waals surface area contributed by atoms with Crippen LogP contribution in [0.15, 0.2) is 23.1 Å². The minimum absolute atomic E-state index is 0.00113. The van der Waals surface area contributed by atoms with Crippen molar-refractivity contribution in [3.63, 3.8) is 0 Å². The lowest BCUT2D eigenvalue weighted by Crippen LogP contribution is -2.51. The largest absolute Gasteiger partial charge is 0.467 e. The molecule has 2 heterocycles. The highest BCUT2D eigenvalue weighted by Crippen LogP contribution is 2.30. The van der Waals surface area contributed by atoms with Crippen LogP contribution >= 0.6 is 23.2 Å². The van der Waals surface area contributed by atoms with Gasteiger partial charge in [0.1, 0.15) is 12.1 Å². The van der Waals surface area contributed by atoms with Gasteiger partial charge in [0.2, 0.25) is 27.7 Å². The van der Waals surface area contributed by atoms with Crippen molar-refractivity contribution in [1.29, 1.82) is 0 Å². The minimum Gasteiger partial charge on any atom is -0.467 e. The van der Waals surface area contributed by atoms with Gasteiger partial charge in [-0.3, -0.25) is 14.4 Å². The predicted octanol–water partition coefficient (Wildman–Crippen LogP) is 1.50. The predicted molar refractivity (Wildman–Crippen MR) is 157 cm³/mol. The summed E-state index contributed by atoms with van der Waals surface area (Å²) in [6, 6.07) is 1.77. The minimum atomic E-state index is -4.10. The van der Waals surface area contributed by atoms with Gasteiger partial charge in [-0.2, -0.15) is 4.31 Å². The summed E-state index contributed by atoms with van der Waals surface area (Å²) in [5.41, 5.74) is 0. The molecule has 15 heteroatoms. The lowest BCUT2D eigenvalue weighted by molar-refractivity contribution is -0.146. The monoisotopic (exact) mass is 647 g/mol. The highest BCUT2D eigenvalue weighted by atomic mass is 35.5. The van der Waals surface area contributed by atoms with Crippen LogP contribution in [0.3, 0.4) is 0 Å². The average Bonchev–Trinajstić information content (AvgIpc) is 3.44. The van der Waals surface area contributed by atoms with E-state index in [1.807, 2.05) is 14.1 Å². The zero-order valence-electron chi connectivity index (χ0n) is 24.1. The van der Waals surface area contributed by atoms with Gasteiger partial charge in [-0.25, -0.2) is 13.2 Å². The number of methoxy groups -OCH3 is 1. The Hall–Kier alpha value is -2.45. The topological polar surface area (TPSA) is 145 Å². The van der Waals surface area contributed by atoms with E-state index in [0.717, 1.165) is 17.1 Å². The van der Waals surface area contributed by atoms with Gasteiger partial charge >= 0.3 is 5.97 Å². The number of carbonyl (C=O) groups excluding carboxylic acids is 4. The number of rotatable bonds is 12. The Balaban J connectivity index is 1.55. The van der Waals surface area contributed by atoms with Crippen LogP contribution in [0, 0.1) is 5.92 Å². The van der Waals surface area contributed by atoms with Crippen LogP contribution in [0.5, 0.6) is 0 Å². The number of nitrogens with one attached hydrogen (secondary N) is 2. The number of esters is 1. The van der Waals surface area contributed by atoms with E-state index in [2.05, 4.69) is 10.6 Å². The van der Waals surface area contributed by atoms with E-state index in [9.17, 15) is 27.6 Å². The quantitative estimate of drug-likeness (QED) is 0.325. The summed E-state index contributed by atoms with van der Waals surface area (Å²) < 4.78 is 32.6. The number of benzene rings is 1. The van der Waals surface area contributed by atoms with Crippen molar-refractivity contribution in [3.8, 4) is 0 Å². The number of likely N-dealkylation sites (N-methyl/N-ethyl adjacent to an activating group) is 1. The first kappa shape index (κ1) is 34.0. The maximum Gasteiger partial charge on any atom is 0.328 e. The first-order valence-electron chi connectivity index (χ1n) is 13.9. The second kappa shape index (κ2) is 15.3. The number of amides is 3. The number of sulfonamides is 1. The van der Waals surface area contributed by atoms with Crippen LogP contribution in [0.4, 0.5) is 0 Å². The van der Waals surface area contributed by atoms with Crippen LogP contribution in [0.1, 0.15) is 38.5 Å². The molecule has 0 saturated carbocycles. The lowest BCUT2D eigenvalue weighted by atomic mass is 9.96. The van der Waals surface area contributed by atoms with Crippen molar-refractivity contribution >= 4 is 56.9 Å². The Morgan fingerprint density at radius 3 is 2.29 bits per heavy atom. The number of ether oxygens (including phenoxy) is 1. The van der Waals surface area contributed by atoms with Gasteiger partial charge in [0.15, 0.2) is 0 Å². The summed E-state index contributed by atoms with van der Waals surface area (Å²) in [5.74, 6) is -1.30. The standard InChI is InChI=1S/C27H39Cl2N5O7S/c1-32(2)17-24(35)30-16-18-8-11-33(12-9-18)25(36)7-6-22(27(38)41-3)31-26(37)23-5-4-10-34(23)42(39,40)21-14-19(28)13-20(29)15-21/h13-15,18,22-23H,4-12,16-17H2,1-3H3,(H,30,35)(H,31,37)/t22-,23-/m0/s1. The fourth-order valence-electron chi connectivity index (χ4n) is 5.18. The smallest absolute Gasteiger partial charge is 0.328 e. The number of likely N-dealkylation sites (tertiary alicyclic amines) is 1. The summed E-state index contributed by atoms with van der Waals surface area (Å²) >= 11 is 12.0. The molecular weight excluding hydrogens is 609 g/mol. The third-order valence-corrected chi connectivity index (χ3v) is 9.74. The molecule has 0 unspecified atom stereocenters. The number of halogens is 2. The van der Waals surface area contributed by atoms with E-state index in [1.54, 1.807) is 9.80 Å². The molecule has 12 nitrogen and oxygen atoms in total. The van der Waals surface area contributed by atoms with Crippen molar-refractivity contribution in [2.24, 2.45) is 5.92 Å². The van der Waals surface area contributed by atoms with Crippen LogP contribution in [-0.4, -0.2) is 112 Å². The molecule has 2 saturated heterocycles. The summed E-state index contributed by atoms with van der Waals surface area (Å²) in [5, 5.41) is 5.82. The Labute approximate surface area is 257 Å². The molecule has 3 rings (SSSR count). The second-order valence-electron chi connectivity index (χ2n) is 10.9. The van der Waals surface area contributed by atoms with E-state index >= 15 is 0 Å². The second-order valence-corrected chi connectivity index (χ2v) is 13.6. The lowest BCUT2D eigenvalue weighted by Gasteiger charge is -2.32. The molecule has 1 aromatic carbocycles. The van der Waals surface area contributed by atoms with Crippen LogP contribution in [0.2, 0.25) is 10.0 Å². The molecule has 2 fully saturated rings. The third kappa shape index (κ3) is 9.27. The van der Waals surface area contributed by atoms with Crippen molar-refractivity contribution < 1.29 is 32.3 Å². The molecule has 234 valence electrons. The summed E-state index contributed by atoms with van der Waals surface area (Å²) in [7, 11) is 0.737. The van der Waals surface area contributed by atoms with Gasteiger partial charge in [-0.1, -0.05) is 23.2 Å². The highest BCUT2D eigenvalue weighted by molar-refractivity contribution is 7.89. The third-order valence-electron chi connectivity index (χ3n) is 7.41. The van der Waals surface area contributed by atoms with Crippen LogP contribution in [0.25, 0.3) is 0 Å². The highest BCUT2D eigenvalue weighted by Gasteiger charge is 2.41. The first-order valence-corrected chi connectivity index (χ1v) is 16.1. The van der Waals surface area contributed by atoms with E-state index < -0.39 is 34.0 Å². The van der Waals surface area contributed by atoms with Crippen molar-refractivity contribution in [3.05, 3.63) is 28.2 Å². The SMILES string of the molecule is COC(=O)[C@H](CCC(=O)N1CCC(CNC(=O)CN(C)C)CC1)NC(=O)[C@@H]1CCCN1S(=O)(=O)c1cc(Cl)cc(Cl)c1. The number of hydrogen-bond donors (Lipinski definition) is 2. The molecule has 0 bridgehead atoms. The maximum atomic E-state index is 13.3. The van der Waals surface area contributed by atoms with Crippen molar-refractivity contribution in [2.75, 3.05) is 53.9 Å². The molecule has 2 aliphatic heterocycles. The molecule has 2 N–H and O–H groups in total. The van der Waals surface area contributed by atoms with E-state index in [-0.39, 0.29) is 58.5 Å². The van der Waals surface area contributed by atoms with Gasteiger partial charge in [0.05, 0.1) is 18.6 Å². The van der Waals surface area contributed by atoms with E-state index in [0.29, 0.717) is 32.6 Å². The summed E-state index contributed by atoms with van der Waals surface area (Å²) in [6.45, 7) is 2.06. The Bertz CT molecular complexity index is 1240. The number of nitrogens with zero attached hydrogens (tertiary/aromatic N) is 3. The Kier molecular flexibility index (Phi) is 12.4. The van der Waals surface area contributed by atoms with Crippen LogP contribution < -0.4 is 10.6 Å². The van der Waals surface area contributed by atoms with Gasteiger partial charge in [-0.05, 0) is 70.3 Å². The molecule has 0 spiro atoms. The molecule has 3 amide bonds. The van der Waals surface area contributed by atoms with Gasteiger partial charge in [-0.15, -0.1) is 0 Å². The Morgan fingerprint density at radius 2 is 1.69 bits per heavy atom. The molecule has 42 heavy (non-hydrogen) atoms. The molecule has 2 atom stereocenters. The summed E-state index contributed by atoms with van der Waals surface area (Å²) in [6.07, 6.45) is 2.20. The van der Waals surface area contributed by atoms with Gasteiger partial charge in [0, 0.05) is 42.6 Å². The summed E-state index contributed by atoms with van der Waals surface area (Å²) in [4.78, 5) is 53.9. The molecule has 0 radical (unpaired) electrons. The van der Waals surface area contributed by atoms with Gasteiger partial charge < -0.3 is 25.2 Å². The van der Waals surface area contributed by atoms with Crippen LogP contribution in [-0.2, 0) is 33.9 Å². The molecule has 0 aromatic heterocycles. The first-order chi connectivity index (χ1) is 19.8. The van der Waals surface area contributed by atoms with Crippen molar-refractivity contribution in [1.82, 2.24) is 24.7 Å². The fourth-order valence-corrected chi connectivity index (χ4v) is 7.56. The van der Waals surface area contributed by atoms with Crippen molar-refractivity contribution in [2.45, 2.75) is 55.5 Å². The molecule has 1 aromatic rings. The molecule has 0 aliphatic carbocycles. The molecular formula is C27H39Cl2N5O7S. The number of hydrogen-bond acceptors (Lipinski definition) is 8. The number of carbonyl (C=O) groups is 4. The zero-order valence-corrected chi connectivity index (χ0v) is 26.4. The Morgan fingerprint density at radius 1 is 1.05 bits per heavy atom. The average molecular weight is 649 g/mol. The fraction of sp³-hybridized carbons (Fsp3) is 0.630. The molecule has 2 aliphatic rings. The van der Waals surface area contributed by atoms with E-state index in [1.165, 1.54) is 25.3 Å². The number of piperidine rings is 1. The maximum absolute atomic E-state index is 13.3. The normalized spacial score (nSPS) is 19.0. The van der Waals surface area contributed by atoms with E-state index in [4.69, 9.17) is 27.9 Å². The van der Waals surface area contributed by atoms with Gasteiger partial charge in [0.25, 0.3) is 0 Å². The zero-order chi connectivity index (χ0) is 31.0.